The lowest BCUT2D eigenvalue weighted by Crippen LogP contribution is -2.29. The van der Waals surface area contributed by atoms with Gasteiger partial charge in [-0.1, -0.05) is 52.9 Å². The number of benzene rings is 1. The molecule has 35 heavy (non-hydrogen) atoms. The fourth-order valence-electron chi connectivity index (χ4n) is 3.63. The molecule has 1 saturated heterocycles. The number of amides is 1. The lowest BCUT2D eigenvalue weighted by molar-refractivity contribution is -0.132. The lowest BCUT2D eigenvalue weighted by Gasteiger charge is -2.22. The highest BCUT2D eigenvalue weighted by atomic mass is 35.5. The molecule has 174 valence electrons. The Labute approximate surface area is 213 Å². The molecule has 0 radical (unpaired) electrons. The number of carbonyl (C=O) groups excluding carboxylic acids is 2. The number of nitrogens with zero attached hydrogens (tertiary/aromatic N) is 5. The number of hydrogen-bond acceptors (Lipinski definition) is 9. The summed E-state index contributed by atoms with van der Waals surface area (Å²) in [5.41, 5.74) is 1.96. The number of aromatic nitrogens is 4. The molecule has 0 bridgehead atoms. The van der Waals surface area contributed by atoms with Gasteiger partial charge in [-0.25, -0.2) is 0 Å². The van der Waals surface area contributed by atoms with Crippen LogP contribution in [0.5, 0.6) is 0 Å². The molecule has 1 aromatic carbocycles. The monoisotopic (exact) mass is 521 g/mol. The highest BCUT2D eigenvalue weighted by Crippen LogP contribution is 2.43. The van der Waals surface area contributed by atoms with Crippen molar-refractivity contribution in [1.82, 2.24) is 20.2 Å². The summed E-state index contributed by atoms with van der Waals surface area (Å²) in [6, 6.07) is 13.2. The first-order valence-corrected chi connectivity index (χ1v) is 12.5. The van der Waals surface area contributed by atoms with Crippen LogP contribution >= 0.6 is 34.7 Å². The van der Waals surface area contributed by atoms with Gasteiger partial charge in [0.25, 0.3) is 5.78 Å². The number of anilines is 1. The van der Waals surface area contributed by atoms with Crippen LogP contribution in [0, 0.1) is 0 Å². The molecule has 1 unspecified atom stereocenters. The maximum atomic E-state index is 13.2. The number of aliphatic hydroxyl groups excluding tert-OH is 1. The molecule has 0 spiro atoms. The molecule has 0 aliphatic carbocycles. The van der Waals surface area contributed by atoms with E-state index >= 15 is 0 Å². The van der Waals surface area contributed by atoms with Crippen molar-refractivity contribution >= 4 is 57.3 Å². The molecule has 0 saturated carbocycles. The number of aliphatic hydroxyl groups is 1. The van der Waals surface area contributed by atoms with Gasteiger partial charge < -0.3 is 5.11 Å². The van der Waals surface area contributed by atoms with Crippen molar-refractivity contribution in [2.45, 2.75) is 16.1 Å². The number of thioether (sulfide) groups is 1. The van der Waals surface area contributed by atoms with Crippen LogP contribution in [0.15, 0.2) is 83.2 Å². The number of pyridine rings is 2. The molecule has 1 amide bonds. The molecule has 4 aromatic rings. The fourth-order valence-corrected chi connectivity index (χ4v) is 5.58. The quantitative estimate of drug-likeness (QED) is 0.125. The van der Waals surface area contributed by atoms with Crippen LogP contribution in [0.1, 0.15) is 22.7 Å². The molecule has 1 aliphatic rings. The Kier molecular flexibility index (Phi) is 6.58. The Balaban J connectivity index is 1.51. The van der Waals surface area contributed by atoms with E-state index in [0.717, 1.165) is 5.56 Å². The van der Waals surface area contributed by atoms with E-state index in [1.807, 2.05) is 24.3 Å². The standard InChI is InChI=1S/C24H16ClN5O3S2/c25-17-5-3-14(4-6-17)13-34-24-29-28-23(35-24)30-19(16-2-1-9-27-12-16)18(21(32)22(30)33)20(31)15-7-10-26-11-8-15/h1-12,19,31H,13H2. The molecule has 4 heterocycles. The van der Waals surface area contributed by atoms with Crippen LogP contribution in [0.2, 0.25) is 5.02 Å². The molecule has 1 aliphatic heterocycles. The summed E-state index contributed by atoms with van der Waals surface area (Å²) in [7, 11) is 0. The first-order chi connectivity index (χ1) is 17.0. The van der Waals surface area contributed by atoms with Crippen LogP contribution in [0.4, 0.5) is 5.13 Å². The largest absolute Gasteiger partial charge is 0.507 e. The minimum atomic E-state index is -0.904. The number of carbonyl (C=O) groups is 2. The fraction of sp³-hybridized carbons (Fsp3) is 0.0833. The normalized spacial score (nSPS) is 17.2. The van der Waals surface area contributed by atoms with Gasteiger partial charge in [-0.15, -0.1) is 10.2 Å². The predicted molar refractivity (Wildman–Crippen MR) is 134 cm³/mol. The van der Waals surface area contributed by atoms with Crippen molar-refractivity contribution in [3.05, 3.63) is 101 Å². The van der Waals surface area contributed by atoms with Gasteiger partial charge in [0.1, 0.15) is 5.76 Å². The zero-order valence-electron chi connectivity index (χ0n) is 17.9. The van der Waals surface area contributed by atoms with Gasteiger partial charge in [-0.3, -0.25) is 24.5 Å². The second-order valence-corrected chi connectivity index (χ2v) is 10.1. The summed E-state index contributed by atoms with van der Waals surface area (Å²) in [5, 5.41) is 20.3. The van der Waals surface area contributed by atoms with Gasteiger partial charge in [-0.2, -0.15) is 0 Å². The van der Waals surface area contributed by atoms with Crippen molar-refractivity contribution < 1.29 is 14.7 Å². The molecule has 11 heteroatoms. The third-order valence-electron chi connectivity index (χ3n) is 5.28. The van der Waals surface area contributed by atoms with Gasteiger partial charge in [0, 0.05) is 41.1 Å². The maximum absolute atomic E-state index is 13.2. The second-order valence-electron chi connectivity index (χ2n) is 7.46. The van der Waals surface area contributed by atoms with E-state index in [4.69, 9.17) is 11.6 Å². The van der Waals surface area contributed by atoms with Crippen molar-refractivity contribution in [3.8, 4) is 0 Å². The van der Waals surface area contributed by atoms with Crippen molar-refractivity contribution in [1.29, 1.82) is 0 Å². The molecular formula is C24H16ClN5O3S2. The highest BCUT2D eigenvalue weighted by molar-refractivity contribution is 8.00. The Hall–Kier alpha value is -3.60. The summed E-state index contributed by atoms with van der Waals surface area (Å²) in [6.07, 6.45) is 6.15. The Morgan fingerprint density at radius 2 is 1.80 bits per heavy atom. The molecule has 1 N–H and O–H groups in total. The highest BCUT2D eigenvalue weighted by Gasteiger charge is 2.48. The van der Waals surface area contributed by atoms with Crippen molar-refractivity contribution in [2.24, 2.45) is 0 Å². The summed E-state index contributed by atoms with van der Waals surface area (Å²) in [4.78, 5) is 35.7. The van der Waals surface area contributed by atoms with E-state index in [1.165, 1.54) is 40.4 Å². The zero-order chi connectivity index (χ0) is 24.4. The Bertz CT molecular complexity index is 1410. The Morgan fingerprint density at radius 3 is 2.51 bits per heavy atom. The molecule has 5 rings (SSSR count). The summed E-state index contributed by atoms with van der Waals surface area (Å²) >= 11 is 8.61. The molecule has 1 atom stereocenters. The molecule has 3 aromatic heterocycles. The number of rotatable bonds is 6. The average molecular weight is 522 g/mol. The van der Waals surface area contributed by atoms with Crippen molar-refractivity contribution in [2.75, 3.05) is 4.90 Å². The topological polar surface area (TPSA) is 109 Å². The van der Waals surface area contributed by atoms with E-state index in [9.17, 15) is 14.7 Å². The molecule has 1 fully saturated rings. The molecular weight excluding hydrogens is 506 g/mol. The van der Waals surface area contributed by atoms with Crippen LogP contribution < -0.4 is 4.90 Å². The summed E-state index contributed by atoms with van der Waals surface area (Å²) < 4.78 is 0.635. The van der Waals surface area contributed by atoms with Gasteiger partial charge >= 0.3 is 5.91 Å². The van der Waals surface area contributed by atoms with E-state index in [1.54, 1.807) is 36.7 Å². The first-order valence-electron chi connectivity index (χ1n) is 10.3. The van der Waals surface area contributed by atoms with Gasteiger partial charge in [0.15, 0.2) is 4.34 Å². The maximum Gasteiger partial charge on any atom is 0.301 e. The van der Waals surface area contributed by atoms with E-state index in [-0.39, 0.29) is 16.5 Å². The van der Waals surface area contributed by atoms with Crippen LogP contribution in [0.25, 0.3) is 5.76 Å². The van der Waals surface area contributed by atoms with Crippen LogP contribution in [0.3, 0.4) is 0 Å². The van der Waals surface area contributed by atoms with Crippen LogP contribution in [-0.2, 0) is 15.3 Å². The number of Topliss-reactive ketones (excluding diaryl/α,β-unsaturated/α-hetero) is 1. The van der Waals surface area contributed by atoms with E-state index in [0.29, 0.717) is 26.2 Å². The summed E-state index contributed by atoms with van der Waals surface area (Å²) in [5.74, 6) is -1.25. The number of halogens is 1. The molecule has 8 nitrogen and oxygen atoms in total. The minimum Gasteiger partial charge on any atom is -0.507 e. The first kappa shape index (κ1) is 23.2. The van der Waals surface area contributed by atoms with E-state index < -0.39 is 17.7 Å². The minimum absolute atomic E-state index is 0.0419. The van der Waals surface area contributed by atoms with Gasteiger partial charge in [0.05, 0.1) is 11.6 Å². The Morgan fingerprint density at radius 1 is 1.03 bits per heavy atom. The smallest absolute Gasteiger partial charge is 0.301 e. The van der Waals surface area contributed by atoms with Gasteiger partial charge in [0.2, 0.25) is 5.13 Å². The predicted octanol–water partition coefficient (Wildman–Crippen LogP) is 4.90. The lowest BCUT2D eigenvalue weighted by atomic mass is 9.97. The van der Waals surface area contributed by atoms with E-state index in [2.05, 4.69) is 20.2 Å². The van der Waals surface area contributed by atoms with Crippen LogP contribution in [-0.4, -0.2) is 37.0 Å². The number of ketones is 1. The third kappa shape index (κ3) is 4.68. The third-order valence-corrected chi connectivity index (χ3v) is 7.65. The van der Waals surface area contributed by atoms with Gasteiger partial charge in [-0.05, 0) is 41.5 Å². The second kappa shape index (κ2) is 9.95. The average Bonchev–Trinajstić information content (AvgIpc) is 3.46. The zero-order valence-corrected chi connectivity index (χ0v) is 20.3. The van der Waals surface area contributed by atoms with Crippen molar-refractivity contribution in [3.63, 3.8) is 0 Å². The summed E-state index contributed by atoms with van der Waals surface area (Å²) in [6.45, 7) is 0. The number of hydrogen-bond donors (Lipinski definition) is 1. The SMILES string of the molecule is O=C1C(=O)N(c2nnc(SCc3ccc(Cl)cc3)s2)C(c2cccnc2)C1=C(O)c1ccncc1.